The molecular weight excluding hydrogens is 502 g/mol. The van der Waals surface area contributed by atoms with E-state index in [1.807, 2.05) is 52.3 Å². The molecular formula is C32H37N5O3. The van der Waals surface area contributed by atoms with E-state index in [4.69, 9.17) is 4.74 Å². The van der Waals surface area contributed by atoms with E-state index in [9.17, 15) is 9.90 Å². The molecule has 4 aromatic rings. The van der Waals surface area contributed by atoms with Gasteiger partial charge in [-0.1, -0.05) is 29.5 Å². The highest BCUT2D eigenvalue weighted by Gasteiger charge is 2.42. The lowest BCUT2D eigenvalue weighted by Gasteiger charge is -2.35. The van der Waals surface area contributed by atoms with Crippen LogP contribution in [0.25, 0.3) is 11.0 Å². The average molecular weight is 540 g/mol. The van der Waals surface area contributed by atoms with Crippen LogP contribution < -0.4 is 4.74 Å². The molecule has 1 aliphatic heterocycles. The molecule has 3 heterocycles. The van der Waals surface area contributed by atoms with Gasteiger partial charge in [0.15, 0.2) is 0 Å². The number of carbonyl (C=O) groups is 1. The van der Waals surface area contributed by atoms with Gasteiger partial charge in [0.25, 0.3) is 0 Å². The molecule has 6 rings (SSSR count). The molecule has 2 aromatic carbocycles. The van der Waals surface area contributed by atoms with Gasteiger partial charge in [-0.3, -0.25) is 14.7 Å². The van der Waals surface area contributed by atoms with Gasteiger partial charge in [-0.15, -0.1) is 5.10 Å². The first-order valence-corrected chi connectivity index (χ1v) is 14.0. The maximum Gasteiger partial charge on any atom is 0.310 e. The van der Waals surface area contributed by atoms with Gasteiger partial charge in [-0.25, -0.2) is 4.68 Å². The first-order chi connectivity index (χ1) is 19.0. The molecule has 0 unspecified atom stereocenters. The lowest BCUT2D eigenvalue weighted by molar-refractivity contribution is -0.147. The van der Waals surface area contributed by atoms with E-state index >= 15 is 0 Å². The molecule has 8 heteroatoms. The largest absolute Gasteiger partial charge is 0.485 e. The van der Waals surface area contributed by atoms with Crippen molar-refractivity contribution in [1.29, 1.82) is 0 Å². The van der Waals surface area contributed by atoms with E-state index in [0.717, 1.165) is 65.0 Å². The summed E-state index contributed by atoms with van der Waals surface area (Å²) in [5.41, 5.74) is 7.05. The number of hydrogen-bond donors (Lipinski definition) is 1. The molecule has 0 amide bonds. The zero-order valence-corrected chi connectivity index (χ0v) is 24.1. The summed E-state index contributed by atoms with van der Waals surface area (Å²) in [6.07, 6.45) is 5.66. The Labute approximate surface area is 235 Å². The molecule has 2 aliphatic rings. The number of hydrogen-bond acceptors (Lipinski definition) is 6. The summed E-state index contributed by atoms with van der Waals surface area (Å²) in [5, 5.41) is 19.0. The molecule has 1 N–H and O–H groups in total. The topological polar surface area (TPSA) is 93.4 Å². The Hall–Kier alpha value is -3.78. The molecule has 0 radical (unpaired) electrons. The number of carboxylic acid groups (broad SMARTS) is 1. The molecule has 1 aliphatic carbocycles. The fraction of sp³-hybridized carbons (Fsp3) is 0.438. The van der Waals surface area contributed by atoms with Gasteiger partial charge in [0.2, 0.25) is 0 Å². The zero-order chi connectivity index (χ0) is 28.4. The normalized spacial score (nSPS) is 19.5. The van der Waals surface area contributed by atoms with E-state index in [0.29, 0.717) is 0 Å². The SMILES string of the molecule is Cc1c([C@@H](c2ccc3c(c2)[C@H](N2Cc4ccncc4OC(C)(C)C2)CC3)C(C)(C)C(=O)O)ccc2c1nnn2C. The molecule has 0 saturated carbocycles. The standard InChI is InChI=1S/C32H37N5O3/c1-19-23(10-12-26-29(19)34-35-36(26)6)28(32(4,5)30(38)39)21-8-7-20-9-11-25(24(20)15-21)37-17-22-13-14-33-16-27(22)40-31(2,3)18-37/h7-8,10,12-16,25,28H,9,11,17-18H2,1-6H3,(H,38,39)/t25-,28-/m1/s1. The lowest BCUT2D eigenvalue weighted by atomic mass is 9.69. The van der Waals surface area contributed by atoms with Crippen molar-refractivity contribution in [3.63, 3.8) is 0 Å². The third-order valence-electron chi connectivity index (χ3n) is 8.87. The van der Waals surface area contributed by atoms with Crippen molar-refractivity contribution in [1.82, 2.24) is 24.9 Å². The lowest BCUT2D eigenvalue weighted by Crippen LogP contribution is -2.41. The zero-order valence-electron chi connectivity index (χ0n) is 24.1. The molecule has 0 spiro atoms. The van der Waals surface area contributed by atoms with Gasteiger partial charge >= 0.3 is 5.97 Å². The number of carboxylic acids is 1. The van der Waals surface area contributed by atoms with Gasteiger partial charge in [0.1, 0.15) is 16.9 Å². The monoisotopic (exact) mass is 539 g/mol. The van der Waals surface area contributed by atoms with E-state index in [-0.39, 0.29) is 17.6 Å². The van der Waals surface area contributed by atoms with E-state index in [1.165, 1.54) is 11.1 Å². The fourth-order valence-corrected chi connectivity index (χ4v) is 6.77. The first-order valence-electron chi connectivity index (χ1n) is 14.0. The highest BCUT2D eigenvalue weighted by atomic mass is 16.5. The number of benzene rings is 2. The van der Waals surface area contributed by atoms with Crippen LogP contribution in [0, 0.1) is 12.3 Å². The maximum absolute atomic E-state index is 12.7. The summed E-state index contributed by atoms with van der Waals surface area (Å²) in [7, 11) is 1.87. The summed E-state index contributed by atoms with van der Waals surface area (Å²) in [4.78, 5) is 19.5. The molecule has 2 atom stereocenters. The number of aliphatic carboxylic acids is 1. The minimum absolute atomic E-state index is 0.217. The van der Waals surface area contributed by atoms with Crippen molar-refractivity contribution in [2.45, 2.75) is 71.6 Å². The fourth-order valence-electron chi connectivity index (χ4n) is 6.77. The van der Waals surface area contributed by atoms with Crippen LogP contribution in [0.1, 0.15) is 79.5 Å². The second-order valence-corrected chi connectivity index (χ2v) is 12.6. The number of aromatic nitrogens is 4. The molecule has 0 fully saturated rings. The Balaban J connectivity index is 1.45. The molecule has 0 bridgehead atoms. The van der Waals surface area contributed by atoms with Crippen LogP contribution in [0.15, 0.2) is 48.8 Å². The number of pyridine rings is 1. The Morgan fingerprint density at radius 2 is 1.98 bits per heavy atom. The van der Waals surface area contributed by atoms with Gasteiger partial charge < -0.3 is 9.84 Å². The van der Waals surface area contributed by atoms with Gasteiger partial charge in [0.05, 0.1) is 17.1 Å². The highest BCUT2D eigenvalue weighted by Crippen LogP contribution is 2.47. The predicted molar refractivity (Wildman–Crippen MR) is 153 cm³/mol. The number of nitrogens with zero attached hydrogens (tertiary/aromatic N) is 5. The highest BCUT2D eigenvalue weighted by molar-refractivity contribution is 5.81. The van der Waals surface area contributed by atoms with Crippen LogP contribution >= 0.6 is 0 Å². The minimum atomic E-state index is -1.05. The predicted octanol–water partition coefficient (Wildman–Crippen LogP) is 5.57. The first kappa shape index (κ1) is 26.4. The second-order valence-electron chi connectivity index (χ2n) is 12.6. The number of aryl methyl sites for hydroxylation is 3. The van der Waals surface area contributed by atoms with Crippen molar-refractivity contribution in [3.05, 3.63) is 82.2 Å². The summed E-state index contributed by atoms with van der Waals surface area (Å²) in [5.74, 6) is -0.344. The molecule has 0 saturated heterocycles. The average Bonchev–Trinajstić information content (AvgIpc) is 3.45. The number of rotatable bonds is 5. The van der Waals surface area contributed by atoms with Crippen LogP contribution in [0.2, 0.25) is 0 Å². The van der Waals surface area contributed by atoms with Gasteiger partial charge in [0, 0.05) is 43.9 Å². The van der Waals surface area contributed by atoms with Crippen LogP contribution in [0.5, 0.6) is 5.75 Å². The Morgan fingerprint density at radius 3 is 2.75 bits per heavy atom. The molecule has 40 heavy (non-hydrogen) atoms. The second kappa shape index (κ2) is 9.41. The Bertz CT molecular complexity index is 1620. The van der Waals surface area contributed by atoms with Crippen LogP contribution in [-0.2, 0) is 24.8 Å². The summed E-state index contributed by atoms with van der Waals surface area (Å²) in [6.45, 7) is 11.5. The number of fused-ring (bicyclic) bond motifs is 3. The van der Waals surface area contributed by atoms with Gasteiger partial charge in [-0.05, 0) is 87.4 Å². The van der Waals surface area contributed by atoms with E-state index in [1.54, 1.807) is 4.68 Å². The van der Waals surface area contributed by atoms with E-state index < -0.39 is 11.4 Å². The smallest absolute Gasteiger partial charge is 0.310 e. The van der Waals surface area contributed by atoms with Crippen molar-refractivity contribution in [2.75, 3.05) is 6.54 Å². The van der Waals surface area contributed by atoms with Crippen molar-refractivity contribution >= 4 is 17.0 Å². The summed E-state index contributed by atoms with van der Waals surface area (Å²) < 4.78 is 8.13. The quantitative estimate of drug-likeness (QED) is 0.354. The molecule has 208 valence electrons. The summed E-state index contributed by atoms with van der Waals surface area (Å²) in [6, 6.07) is 12.9. The minimum Gasteiger partial charge on any atom is -0.485 e. The van der Waals surface area contributed by atoms with Gasteiger partial charge in [-0.2, -0.15) is 0 Å². The van der Waals surface area contributed by atoms with Crippen LogP contribution in [0.3, 0.4) is 0 Å². The maximum atomic E-state index is 12.7. The third-order valence-corrected chi connectivity index (χ3v) is 8.87. The van der Waals surface area contributed by atoms with Crippen molar-refractivity contribution in [3.8, 4) is 5.75 Å². The van der Waals surface area contributed by atoms with Crippen molar-refractivity contribution < 1.29 is 14.6 Å². The van der Waals surface area contributed by atoms with E-state index in [2.05, 4.69) is 58.3 Å². The Morgan fingerprint density at radius 1 is 1.18 bits per heavy atom. The Kier molecular flexibility index (Phi) is 6.22. The molecule has 8 nitrogen and oxygen atoms in total. The van der Waals surface area contributed by atoms with Crippen molar-refractivity contribution in [2.24, 2.45) is 12.5 Å². The summed E-state index contributed by atoms with van der Waals surface area (Å²) >= 11 is 0. The molecule has 2 aromatic heterocycles. The van der Waals surface area contributed by atoms with Crippen LogP contribution in [-0.4, -0.2) is 48.1 Å². The van der Waals surface area contributed by atoms with Crippen LogP contribution in [0.4, 0.5) is 0 Å². The third kappa shape index (κ3) is 4.35. The number of ether oxygens (including phenoxy) is 1.